The summed E-state index contributed by atoms with van der Waals surface area (Å²) in [6.45, 7) is 2.67. The van der Waals surface area contributed by atoms with E-state index in [2.05, 4.69) is 21.2 Å². The van der Waals surface area contributed by atoms with Crippen molar-refractivity contribution >= 4 is 27.6 Å². The van der Waals surface area contributed by atoms with Gasteiger partial charge in [-0.25, -0.2) is 4.79 Å². The van der Waals surface area contributed by atoms with Gasteiger partial charge >= 0.3 is 6.03 Å². The highest BCUT2D eigenvalue weighted by Crippen LogP contribution is 2.27. The largest absolute Gasteiger partial charge is 0.495 e. The van der Waals surface area contributed by atoms with Crippen LogP contribution < -0.4 is 10.1 Å². The molecule has 100 valence electrons. The molecule has 0 bridgehead atoms. The molecule has 0 heterocycles. The fourth-order valence-electron chi connectivity index (χ4n) is 1.46. The summed E-state index contributed by atoms with van der Waals surface area (Å²) < 4.78 is 5.97. The van der Waals surface area contributed by atoms with Gasteiger partial charge < -0.3 is 20.1 Å². The van der Waals surface area contributed by atoms with Gasteiger partial charge in [-0.15, -0.1) is 0 Å². The van der Waals surface area contributed by atoms with Gasteiger partial charge in [-0.2, -0.15) is 0 Å². The molecule has 0 aliphatic carbocycles. The Morgan fingerprint density at radius 2 is 2.28 bits per heavy atom. The van der Waals surface area contributed by atoms with Crippen molar-refractivity contribution in [3.63, 3.8) is 0 Å². The lowest BCUT2D eigenvalue weighted by molar-refractivity contribution is 0.192. The van der Waals surface area contributed by atoms with Crippen LogP contribution in [0.4, 0.5) is 10.5 Å². The molecular formula is C12H17BrN2O3. The topological polar surface area (TPSA) is 61.8 Å². The Hall–Kier alpha value is -1.27. The molecular weight excluding hydrogens is 300 g/mol. The second kappa shape index (κ2) is 7.23. The number of benzene rings is 1. The Labute approximate surface area is 115 Å². The highest BCUT2D eigenvalue weighted by Gasteiger charge is 2.11. The quantitative estimate of drug-likeness (QED) is 0.876. The normalized spacial score (nSPS) is 10.0. The minimum absolute atomic E-state index is 0.0507. The summed E-state index contributed by atoms with van der Waals surface area (Å²) in [4.78, 5) is 13.4. The Balaban J connectivity index is 2.74. The predicted molar refractivity (Wildman–Crippen MR) is 74.0 cm³/mol. The fourth-order valence-corrected chi connectivity index (χ4v) is 1.87. The molecule has 0 aromatic heterocycles. The van der Waals surface area contributed by atoms with Crippen LogP contribution in [0.2, 0.25) is 0 Å². The van der Waals surface area contributed by atoms with Gasteiger partial charge in [0.2, 0.25) is 0 Å². The zero-order valence-corrected chi connectivity index (χ0v) is 12.0. The summed E-state index contributed by atoms with van der Waals surface area (Å²) in [5.41, 5.74) is 0.649. The highest BCUT2D eigenvalue weighted by molar-refractivity contribution is 9.10. The highest BCUT2D eigenvalue weighted by atomic mass is 79.9. The molecule has 18 heavy (non-hydrogen) atoms. The lowest BCUT2D eigenvalue weighted by Crippen LogP contribution is -2.36. The minimum Gasteiger partial charge on any atom is -0.495 e. The van der Waals surface area contributed by atoms with Crippen LogP contribution in [0.5, 0.6) is 5.75 Å². The first-order valence-corrected chi connectivity index (χ1v) is 6.42. The van der Waals surface area contributed by atoms with Gasteiger partial charge in [-0.3, -0.25) is 0 Å². The molecule has 0 saturated carbocycles. The number of hydrogen-bond acceptors (Lipinski definition) is 3. The van der Waals surface area contributed by atoms with Crippen molar-refractivity contribution in [1.29, 1.82) is 0 Å². The number of likely N-dealkylation sites (N-methyl/N-ethyl adjacent to an activating group) is 1. The van der Waals surface area contributed by atoms with E-state index in [0.717, 1.165) is 4.47 Å². The third-order valence-electron chi connectivity index (χ3n) is 2.44. The minimum atomic E-state index is -0.240. The molecule has 0 spiro atoms. The molecule has 5 nitrogen and oxygen atoms in total. The number of carbonyl (C=O) groups excluding carboxylic acids is 1. The van der Waals surface area contributed by atoms with Crippen LogP contribution in [0.3, 0.4) is 0 Å². The maximum atomic E-state index is 11.9. The predicted octanol–water partition coefficient (Wildman–Crippen LogP) is 2.30. The summed E-state index contributed by atoms with van der Waals surface area (Å²) in [7, 11) is 1.57. The summed E-state index contributed by atoms with van der Waals surface area (Å²) in [5, 5.41) is 11.6. The summed E-state index contributed by atoms with van der Waals surface area (Å²) in [6.07, 6.45) is 0. The number of halogens is 1. The Bertz CT molecular complexity index is 412. The molecule has 1 aromatic carbocycles. The Morgan fingerprint density at radius 1 is 1.56 bits per heavy atom. The molecule has 0 aliphatic rings. The van der Waals surface area contributed by atoms with Gasteiger partial charge in [0.25, 0.3) is 0 Å². The molecule has 1 rings (SSSR count). The van der Waals surface area contributed by atoms with Gasteiger partial charge in [0.1, 0.15) is 5.75 Å². The molecule has 6 heteroatoms. The van der Waals surface area contributed by atoms with E-state index in [9.17, 15) is 4.79 Å². The smallest absolute Gasteiger partial charge is 0.321 e. The summed E-state index contributed by atoms with van der Waals surface area (Å²) in [5.74, 6) is 0.651. The maximum absolute atomic E-state index is 11.9. The van der Waals surface area contributed by atoms with Crippen molar-refractivity contribution in [3.8, 4) is 5.75 Å². The van der Waals surface area contributed by atoms with Crippen LogP contribution in [-0.2, 0) is 0 Å². The van der Waals surface area contributed by atoms with Crippen LogP contribution in [0.25, 0.3) is 0 Å². The monoisotopic (exact) mass is 316 g/mol. The first-order chi connectivity index (χ1) is 8.62. The third kappa shape index (κ3) is 3.89. The van der Waals surface area contributed by atoms with E-state index in [1.54, 1.807) is 25.3 Å². The molecule has 0 atom stereocenters. The van der Waals surface area contributed by atoms with E-state index < -0.39 is 0 Å². The first kappa shape index (κ1) is 14.8. The van der Waals surface area contributed by atoms with Crippen molar-refractivity contribution < 1.29 is 14.6 Å². The third-order valence-corrected chi connectivity index (χ3v) is 3.10. The van der Waals surface area contributed by atoms with Crippen LogP contribution in [0, 0.1) is 0 Å². The molecule has 2 amide bonds. The Kier molecular flexibility index (Phi) is 5.94. The van der Waals surface area contributed by atoms with E-state index in [0.29, 0.717) is 24.5 Å². The molecule has 0 unspecified atom stereocenters. The van der Waals surface area contributed by atoms with Gasteiger partial charge in [-0.1, -0.05) is 0 Å². The number of methoxy groups -OCH3 is 1. The van der Waals surface area contributed by atoms with Gasteiger partial charge in [0.15, 0.2) is 0 Å². The van der Waals surface area contributed by atoms with Crippen LogP contribution in [-0.4, -0.2) is 42.8 Å². The standard InChI is InChI=1S/C12H17BrN2O3/c1-3-15(6-7-16)12(17)14-9-4-5-10(13)11(8-9)18-2/h4-5,8,16H,3,6-7H2,1-2H3,(H,14,17). The average molecular weight is 317 g/mol. The zero-order valence-electron chi connectivity index (χ0n) is 10.4. The second-order valence-corrected chi connectivity index (χ2v) is 4.44. The van der Waals surface area contributed by atoms with E-state index in [1.165, 1.54) is 4.90 Å². The molecule has 0 fully saturated rings. The second-order valence-electron chi connectivity index (χ2n) is 3.58. The van der Waals surface area contributed by atoms with Crippen molar-refractivity contribution in [1.82, 2.24) is 4.90 Å². The molecule has 1 aromatic rings. The number of hydrogen-bond donors (Lipinski definition) is 2. The first-order valence-electron chi connectivity index (χ1n) is 5.62. The number of urea groups is 1. The number of anilines is 1. The Morgan fingerprint density at radius 3 is 2.83 bits per heavy atom. The number of nitrogens with zero attached hydrogens (tertiary/aromatic N) is 1. The SMILES string of the molecule is CCN(CCO)C(=O)Nc1ccc(Br)c(OC)c1. The summed E-state index contributed by atoms with van der Waals surface area (Å²) >= 11 is 3.34. The molecule has 2 N–H and O–H groups in total. The van der Waals surface area contributed by atoms with E-state index in [4.69, 9.17) is 9.84 Å². The van der Waals surface area contributed by atoms with Crippen LogP contribution in [0.15, 0.2) is 22.7 Å². The lowest BCUT2D eigenvalue weighted by Gasteiger charge is -2.20. The number of ether oxygens (including phenoxy) is 1. The average Bonchev–Trinajstić information content (AvgIpc) is 2.38. The number of aliphatic hydroxyl groups is 1. The maximum Gasteiger partial charge on any atom is 0.321 e. The number of carbonyl (C=O) groups is 1. The van der Waals surface area contributed by atoms with Crippen molar-refractivity contribution in [3.05, 3.63) is 22.7 Å². The van der Waals surface area contributed by atoms with Crippen LogP contribution in [0.1, 0.15) is 6.92 Å². The van der Waals surface area contributed by atoms with Crippen molar-refractivity contribution in [2.24, 2.45) is 0 Å². The van der Waals surface area contributed by atoms with E-state index in [-0.39, 0.29) is 12.6 Å². The van der Waals surface area contributed by atoms with Crippen LogP contribution >= 0.6 is 15.9 Å². The molecule has 0 aliphatic heterocycles. The molecule has 0 saturated heterocycles. The fraction of sp³-hybridized carbons (Fsp3) is 0.417. The van der Waals surface area contributed by atoms with Crippen molar-refractivity contribution in [2.45, 2.75) is 6.92 Å². The van der Waals surface area contributed by atoms with E-state index in [1.807, 2.05) is 6.92 Å². The van der Waals surface area contributed by atoms with Gasteiger partial charge in [0.05, 0.1) is 18.2 Å². The number of rotatable bonds is 5. The number of amides is 2. The number of nitrogens with one attached hydrogen (secondary N) is 1. The van der Waals surface area contributed by atoms with Gasteiger partial charge in [-0.05, 0) is 35.0 Å². The van der Waals surface area contributed by atoms with E-state index >= 15 is 0 Å². The van der Waals surface area contributed by atoms with Gasteiger partial charge in [0, 0.05) is 24.8 Å². The zero-order chi connectivity index (χ0) is 13.5. The summed E-state index contributed by atoms with van der Waals surface area (Å²) in [6, 6.07) is 5.07. The lowest BCUT2D eigenvalue weighted by atomic mass is 10.3. The number of aliphatic hydroxyl groups excluding tert-OH is 1. The molecule has 0 radical (unpaired) electrons. The van der Waals surface area contributed by atoms with Crippen molar-refractivity contribution in [2.75, 3.05) is 32.1 Å².